The van der Waals surface area contributed by atoms with Gasteiger partial charge in [0.15, 0.2) is 0 Å². The summed E-state index contributed by atoms with van der Waals surface area (Å²) in [6, 6.07) is 4.38. The highest BCUT2D eigenvalue weighted by atomic mass is 32.1. The summed E-state index contributed by atoms with van der Waals surface area (Å²) in [5.74, 6) is -1.05. The predicted molar refractivity (Wildman–Crippen MR) is 77.2 cm³/mol. The molecule has 0 radical (unpaired) electrons. The minimum atomic E-state index is -0.603. The monoisotopic (exact) mass is 291 g/mol. The van der Waals surface area contributed by atoms with Crippen LogP contribution >= 0.6 is 11.3 Å². The molecule has 2 rings (SSSR count). The minimum absolute atomic E-state index is 0.231. The Kier molecular flexibility index (Phi) is 3.71. The molecule has 0 aliphatic rings. The van der Waals surface area contributed by atoms with Gasteiger partial charge in [-0.15, -0.1) is 11.3 Å². The van der Waals surface area contributed by atoms with Crippen LogP contribution < -0.4 is 16.6 Å². The molecule has 0 aliphatic heterocycles. The van der Waals surface area contributed by atoms with E-state index in [1.165, 1.54) is 34.2 Å². The normalized spacial score (nSPS) is 10.3. The SMILES string of the molecule is Cc1cc(C(N)=O)c(NC(=O)c2ccn(C)c(=O)c2)s1. The molecule has 2 aromatic heterocycles. The zero-order valence-electron chi connectivity index (χ0n) is 11.0. The summed E-state index contributed by atoms with van der Waals surface area (Å²) in [6.07, 6.45) is 1.51. The lowest BCUT2D eigenvalue weighted by molar-refractivity contribution is 0.100. The van der Waals surface area contributed by atoms with Gasteiger partial charge in [0.2, 0.25) is 0 Å². The first-order chi connectivity index (χ1) is 9.38. The van der Waals surface area contributed by atoms with E-state index in [1.807, 2.05) is 6.92 Å². The van der Waals surface area contributed by atoms with Crippen LogP contribution in [0.25, 0.3) is 0 Å². The number of nitrogens with one attached hydrogen (secondary N) is 1. The van der Waals surface area contributed by atoms with Crippen molar-refractivity contribution in [3.8, 4) is 0 Å². The third-order valence-electron chi connectivity index (χ3n) is 2.71. The first-order valence-corrected chi connectivity index (χ1v) is 6.58. The average Bonchev–Trinajstić information content (AvgIpc) is 2.73. The van der Waals surface area contributed by atoms with Gasteiger partial charge in [0.05, 0.1) is 5.56 Å². The van der Waals surface area contributed by atoms with E-state index in [4.69, 9.17) is 5.73 Å². The summed E-state index contributed by atoms with van der Waals surface area (Å²) < 4.78 is 1.36. The molecular formula is C13H13N3O3S. The summed E-state index contributed by atoms with van der Waals surface area (Å²) in [7, 11) is 1.60. The van der Waals surface area contributed by atoms with Gasteiger partial charge in [-0.05, 0) is 19.1 Å². The van der Waals surface area contributed by atoms with Gasteiger partial charge in [-0.1, -0.05) is 0 Å². The summed E-state index contributed by atoms with van der Waals surface area (Å²) >= 11 is 1.26. The number of carbonyl (C=O) groups excluding carboxylic acids is 2. The molecule has 0 atom stereocenters. The van der Waals surface area contributed by atoms with Gasteiger partial charge in [-0.3, -0.25) is 14.4 Å². The summed E-state index contributed by atoms with van der Waals surface area (Å²) in [5, 5.41) is 3.00. The Labute approximate surface area is 118 Å². The lowest BCUT2D eigenvalue weighted by Gasteiger charge is -2.05. The summed E-state index contributed by atoms with van der Waals surface area (Å²) in [5.41, 5.74) is 5.47. The molecule has 0 bridgehead atoms. The van der Waals surface area contributed by atoms with Gasteiger partial charge in [0, 0.05) is 29.8 Å². The lowest BCUT2D eigenvalue weighted by Crippen LogP contribution is -2.20. The van der Waals surface area contributed by atoms with Crippen molar-refractivity contribution in [2.24, 2.45) is 12.8 Å². The van der Waals surface area contributed by atoms with Gasteiger partial charge in [-0.2, -0.15) is 0 Å². The molecule has 3 N–H and O–H groups in total. The Balaban J connectivity index is 2.30. The second kappa shape index (κ2) is 5.30. The van der Waals surface area contributed by atoms with Crippen LogP contribution in [-0.2, 0) is 7.05 Å². The number of anilines is 1. The molecule has 20 heavy (non-hydrogen) atoms. The van der Waals surface area contributed by atoms with Crippen molar-refractivity contribution in [3.05, 3.63) is 50.8 Å². The highest BCUT2D eigenvalue weighted by Crippen LogP contribution is 2.27. The maximum atomic E-state index is 12.1. The molecule has 2 aromatic rings. The third kappa shape index (κ3) is 2.77. The zero-order valence-corrected chi connectivity index (χ0v) is 11.8. The van der Waals surface area contributed by atoms with Crippen LogP contribution in [0, 0.1) is 6.92 Å². The molecule has 7 heteroatoms. The molecule has 0 spiro atoms. The smallest absolute Gasteiger partial charge is 0.256 e. The average molecular weight is 291 g/mol. The molecule has 104 valence electrons. The van der Waals surface area contributed by atoms with Crippen LogP contribution in [0.15, 0.2) is 29.2 Å². The van der Waals surface area contributed by atoms with Crippen molar-refractivity contribution in [1.82, 2.24) is 4.57 Å². The number of pyridine rings is 1. The Morgan fingerprint density at radius 2 is 2.05 bits per heavy atom. The Morgan fingerprint density at radius 1 is 1.35 bits per heavy atom. The highest BCUT2D eigenvalue weighted by Gasteiger charge is 2.15. The van der Waals surface area contributed by atoms with E-state index in [0.717, 1.165) is 4.88 Å². The molecule has 0 saturated carbocycles. The second-order valence-electron chi connectivity index (χ2n) is 4.28. The number of nitrogens with two attached hydrogens (primary N) is 1. The van der Waals surface area contributed by atoms with Crippen LogP contribution in [-0.4, -0.2) is 16.4 Å². The van der Waals surface area contributed by atoms with E-state index in [1.54, 1.807) is 13.1 Å². The van der Waals surface area contributed by atoms with Crippen LogP contribution in [0.2, 0.25) is 0 Å². The van der Waals surface area contributed by atoms with Gasteiger partial charge in [0.1, 0.15) is 5.00 Å². The minimum Gasteiger partial charge on any atom is -0.366 e. The first kappa shape index (κ1) is 14.0. The van der Waals surface area contributed by atoms with Gasteiger partial charge < -0.3 is 15.6 Å². The fraction of sp³-hybridized carbons (Fsp3) is 0.154. The van der Waals surface area contributed by atoms with E-state index in [9.17, 15) is 14.4 Å². The second-order valence-corrected chi connectivity index (χ2v) is 5.54. The third-order valence-corrected chi connectivity index (χ3v) is 3.68. The number of carbonyl (C=O) groups is 2. The van der Waals surface area contributed by atoms with Crippen molar-refractivity contribution in [1.29, 1.82) is 0 Å². The summed E-state index contributed by atoms with van der Waals surface area (Å²) in [6.45, 7) is 1.81. The number of hydrogen-bond donors (Lipinski definition) is 2. The highest BCUT2D eigenvalue weighted by molar-refractivity contribution is 7.16. The van der Waals surface area contributed by atoms with Crippen LogP contribution in [0.4, 0.5) is 5.00 Å². The number of hydrogen-bond acceptors (Lipinski definition) is 4. The van der Waals surface area contributed by atoms with Gasteiger partial charge in [-0.25, -0.2) is 0 Å². The van der Waals surface area contributed by atoms with Crippen LogP contribution in [0.5, 0.6) is 0 Å². The van der Waals surface area contributed by atoms with Crippen molar-refractivity contribution in [2.45, 2.75) is 6.92 Å². The van der Waals surface area contributed by atoms with E-state index < -0.39 is 11.8 Å². The molecule has 0 fully saturated rings. The standard InChI is InChI=1S/C13H13N3O3S/c1-7-5-9(11(14)18)13(20-7)15-12(19)8-3-4-16(2)10(17)6-8/h3-6H,1-2H3,(H2,14,18)(H,15,19). The van der Waals surface area contributed by atoms with E-state index in [-0.39, 0.29) is 16.7 Å². The van der Waals surface area contributed by atoms with Crippen LogP contribution in [0.1, 0.15) is 25.6 Å². The lowest BCUT2D eigenvalue weighted by atomic mass is 10.2. The molecule has 0 unspecified atom stereocenters. The Hall–Kier alpha value is -2.41. The van der Waals surface area contributed by atoms with E-state index >= 15 is 0 Å². The van der Waals surface area contributed by atoms with Gasteiger partial charge in [0.25, 0.3) is 17.4 Å². The van der Waals surface area contributed by atoms with Crippen molar-refractivity contribution < 1.29 is 9.59 Å². The Bertz CT molecular complexity index is 746. The van der Waals surface area contributed by atoms with E-state index in [2.05, 4.69) is 5.32 Å². The van der Waals surface area contributed by atoms with Crippen molar-refractivity contribution in [3.63, 3.8) is 0 Å². The maximum Gasteiger partial charge on any atom is 0.256 e. The molecule has 0 aromatic carbocycles. The largest absolute Gasteiger partial charge is 0.366 e. The number of amides is 2. The van der Waals surface area contributed by atoms with Gasteiger partial charge >= 0.3 is 0 Å². The quantitative estimate of drug-likeness (QED) is 0.886. The number of aromatic nitrogens is 1. The van der Waals surface area contributed by atoms with E-state index in [0.29, 0.717) is 5.00 Å². The number of nitrogens with zero attached hydrogens (tertiary/aromatic N) is 1. The molecule has 6 nitrogen and oxygen atoms in total. The molecule has 2 heterocycles. The first-order valence-electron chi connectivity index (χ1n) is 5.77. The Morgan fingerprint density at radius 3 is 2.65 bits per heavy atom. The molecule has 2 amide bonds. The van der Waals surface area contributed by atoms with Crippen molar-refractivity contribution in [2.75, 3.05) is 5.32 Å². The fourth-order valence-electron chi connectivity index (χ4n) is 1.66. The zero-order chi connectivity index (χ0) is 14.9. The number of aryl methyl sites for hydroxylation is 2. The topological polar surface area (TPSA) is 94.2 Å². The molecule has 0 saturated heterocycles. The predicted octanol–water partition coefficient (Wildman–Crippen LogP) is 1.11. The molecule has 0 aliphatic carbocycles. The number of rotatable bonds is 3. The number of thiophene rings is 1. The van der Waals surface area contributed by atoms with Crippen LogP contribution in [0.3, 0.4) is 0 Å². The fourth-order valence-corrected chi connectivity index (χ4v) is 2.57. The molecular weight excluding hydrogens is 278 g/mol. The van der Waals surface area contributed by atoms with Crippen molar-refractivity contribution >= 4 is 28.2 Å². The maximum absolute atomic E-state index is 12.1. The summed E-state index contributed by atoms with van der Waals surface area (Å²) in [4.78, 5) is 35.7. The number of primary amides is 1.